The lowest BCUT2D eigenvalue weighted by Crippen LogP contribution is -2.37. The fraction of sp³-hybridized carbons (Fsp3) is 0.333. The fourth-order valence-electron chi connectivity index (χ4n) is 3.01. The van der Waals surface area contributed by atoms with E-state index in [4.69, 9.17) is 16.6 Å². The molecule has 0 unspecified atom stereocenters. The first-order valence-corrected chi connectivity index (χ1v) is 10.1. The van der Waals surface area contributed by atoms with E-state index in [1.807, 2.05) is 38.4 Å². The smallest absolute Gasteiger partial charge is 0.233 e. The van der Waals surface area contributed by atoms with Gasteiger partial charge in [0.1, 0.15) is 0 Å². The summed E-state index contributed by atoms with van der Waals surface area (Å²) >= 11 is 7.83. The Morgan fingerprint density at radius 3 is 2.54 bits per heavy atom. The zero-order chi connectivity index (χ0) is 19.6. The SMILES string of the molecule is Cc1cc(C)c2sc(N(CCN(C)C)C(=O)Cc3ccccc3Cl)nc2c1.Cl. The summed E-state index contributed by atoms with van der Waals surface area (Å²) in [6, 6.07) is 11.7. The topological polar surface area (TPSA) is 36.4 Å². The van der Waals surface area contributed by atoms with Crippen LogP contribution in [0.4, 0.5) is 5.13 Å². The molecule has 1 heterocycles. The third-order valence-electron chi connectivity index (χ3n) is 4.41. The molecule has 0 saturated carbocycles. The van der Waals surface area contributed by atoms with Gasteiger partial charge in [0, 0.05) is 18.1 Å². The highest BCUT2D eigenvalue weighted by atomic mass is 35.5. The van der Waals surface area contributed by atoms with Crippen LogP contribution in [-0.4, -0.2) is 43.0 Å². The molecule has 1 aromatic heterocycles. The Labute approximate surface area is 181 Å². The van der Waals surface area contributed by atoms with Crippen molar-refractivity contribution in [2.24, 2.45) is 0 Å². The number of halogens is 2. The number of likely N-dealkylation sites (N-methyl/N-ethyl adjacent to an activating group) is 1. The number of carbonyl (C=O) groups excluding carboxylic acids is 1. The number of fused-ring (bicyclic) bond motifs is 1. The lowest BCUT2D eigenvalue weighted by atomic mass is 10.1. The minimum atomic E-state index is 0. The maximum Gasteiger partial charge on any atom is 0.233 e. The molecule has 0 atom stereocenters. The van der Waals surface area contributed by atoms with E-state index in [1.165, 1.54) is 11.1 Å². The number of benzene rings is 2. The summed E-state index contributed by atoms with van der Waals surface area (Å²) in [4.78, 5) is 21.8. The van der Waals surface area contributed by atoms with Gasteiger partial charge in [0.2, 0.25) is 5.91 Å². The second-order valence-corrected chi connectivity index (χ2v) is 8.43. The third-order valence-corrected chi connectivity index (χ3v) is 6.01. The van der Waals surface area contributed by atoms with Gasteiger partial charge in [-0.25, -0.2) is 4.98 Å². The predicted molar refractivity (Wildman–Crippen MR) is 122 cm³/mol. The van der Waals surface area contributed by atoms with Gasteiger partial charge in [0.25, 0.3) is 0 Å². The Morgan fingerprint density at radius 2 is 1.86 bits per heavy atom. The monoisotopic (exact) mass is 437 g/mol. The highest BCUT2D eigenvalue weighted by Gasteiger charge is 2.21. The number of nitrogens with zero attached hydrogens (tertiary/aromatic N) is 3. The number of thiazole rings is 1. The molecular weight excluding hydrogens is 413 g/mol. The molecule has 3 rings (SSSR count). The molecule has 0 radical (unpaired) electrons. The molecule has 4 nitrogen and oxygen atoms in total. The van der Waals surface area contributed by atoms with Gasteiger partial charge >= 0.3 is 0 Å². The molecule has 3 aromatic rings. The third kappa shape index (κ3) is 5.23. The Hall–Kier alpha value is -1.66. The lowest BCUT2D eigenvalue weighted by Gasteiger charge is -2.22. The fourth-order valence-corrected chi connectivity index (χ4v) is 4.27. The minimum absolute atomic E-state index is 0. The molecule has 0 aliphatic rings. The van der Waals surface area contributed by atoms with Crippen LogP contribution < -0.4 is 4.90 Å². The standard InChI is InChI=1S/C21H24ClN3OS.ClH/c1-14-11-15(2)20-18(12-14)23-21(27-20)25(10-9-24(3)4)19(26)13-16-7-5-6-8-17(16)22;/h5-8,11-12H,9-10,13H2,1-4H3;1H. The molecule has 0 saturated heterocycles. The summed E-state index contributed by atoms with van der Waals surface area (Å²) in [5.41, 5.74) is 4.17. The molecule has 0 aliphatic carbocycles. The van der Waals surface area contributed by atoms with Gasteiger partial charge in [0.15, 0.2) is 5.13 Å². The highest BCUT2D eigenvalue weighted by Crippen LogP contribution is 2.32. The second kappa shape index (κ2) is 9.70. The first-order chi connectivity index (χ1) is 12.8. The molecule has 28 heavy (non-hydrogen) atoms. The van der Waals surface area contributed by atoms with Crippen LogP contribution in [0.5, 0.6) is 0 Å². The number of aryl methyl sites for hydroxylation is 2. The van der Waals surface area contributed by atoms with Crippen molar-refractivity contribution in [1.82, 2.24) is 9.88 Å². The summed E-state index contributed by atoms with van der Waals surface area (Å²) in [6.07, 6.45) is 0.265. The number of hydrogen-bond donors (Lipinski definition) is 0. The van der Waals surface area contributed by atoms with Crippen molar-refractivity contribution in [3.8, 4) is 0 Å². The zero-order valence-electron chi connectivity index (χ0n) is 16.5. The van der Waals surface area contributed by atoms with Crippen LogP contribution in [0.25, 0.3) is 10.2 Å². The van der Waals surface area contributed by atoms with Crippen molar-refractivity contribution in [2.75, 3.05) is 32.1 Å². The van der Waals surface area contributed by atoms with Gasteiger partial charge < -0.3 is 4.90 Å². The average Bonchev–Trinajstić information content (AvgIpc) is 3.00. The van der Waals surface area contributed by atoms with Gasteiger partial charge in [-0.1, -0.05) is 47.2 Å². The van der Waals surface area contributed by atoms with E-state index in [0.717, 1.165) is 27.5 Å². The molecular formula is C21H25Cl2N3OS. The summed E-state index contributed by atoms with van der Waals surface area (Å²) in [7, 11) is 4.01. The predicted octanol–water partition coefficient (Wildman–Crippen LogP) is 5.13. The molecule has 0 N–H and O–H groups in total. The first-order valence-electron chi connectivity index (χ1n) is 8.91. The van der Waals surface area contributed by atoms with Crippen molar-refractivity contribution >= 4 is 56.6 Å². The van der Waals surface area contributed by atoms with Crippen LogP contribution in [0, 0.1) is 13.8 Å². The van der Waals surface area contributed by atoms with Crippen molar-refractivity contribution < 1.29 is 4.79 Å². The van der Waals surface area contributed by atoms with E-state index in [9.17, 15) is 4.79 Å². The number of amides is 1. The molecule has 1 amide bonds. The quantitative estimate of drug-likeness (QED) is 0.536. The number of hydrogen-bond acceptors (Lipinski definition) is 4. The van der Waals surface area contributed by atoms with E-state index in [0.29, 0.717) is 11.6 Å². The minimum Gasteiger partial charge on any atom is -0.308 e. The van der Waals surface area contributed by atoms with Crippen LogP contribution in [-0.2, 0) is 11.2 Å². The lowest BCUT2D eigenvalue weighted by molar-refractivity contribution is -0.118. The van der Waals surface area contributed by atoms with Crippen LogP contribution in [0.3, 0.4) is 0 Å². The highest BCUT2D eigenvalue weighted by molar-refractivity contribution is 7.22. The van der Waals surface area contributed by atoms with Crippen LogP contribution in [0.15, 0.2) is 36.4 Å². The normalized spacial score (nSPS) is 10.9. The summed E-state index contributed by atoms with van der Waals surface area (Å²) in [5.74, 6) is 0.0124. The van der Waals surface area contributed by atoms with Crippen molar-refractivity contribution in [3.63, 3.8) is 0 Å². The van der Waals surface area contributed by atoms with Crippen LogP contribution >= 0.6 is 35.3 Å². The van der Waals surface area contributed by atoms with Crippen LogP contribution in [0.2, 0.25) is 5.02 Å². The largest absolute Gasteiger partial charge is 0.308 e. The number of anilines is 1. The molecule has 0 fully saturated rings. The van der Waals surface area contributed by atoms with E-state index in [1.54, 1.807) is 16.2 Å². The average molecular weight is 438 g/mol. The number of carbonyl (C=O) groups is 1. The van der Waals surface area contributed by atoms with E-state index >= 15 is 0 Å². The molecule has 7 heteroatoms. The van der Waals surface area contributed by atoms with Gasteiger partial charge in [-0.15, -0.1) is 12.4 Å². The molecule has 0 spiro atoms. The van der Waals surface area contributed by atoms with Crippen LogP contribution in [0.1, 0.15) is 16.7 Å². The Morgan fingerprint density at radius 1 is 1.14 bits per heavy atom. The van der Waals surface area contributed by atoms with E-state index in [2.05, 4.69) is 30.9 Å². The molecule has 150 valence electrons. The zero-order valence-corrected chi connectivity index (χ0v) is 18.9. The van der Waals surface area contributed by atoms with Crippen molar-refractivity contribution in [1.29, 1.82) is 0 Å². The van der Waals surface area contributed by atoms with E-state index < -0.39 is 0 Å². The van der Waals surface area contributed by atoms with Gasteiger partial charge in [-0.05, 0) is 56.8 Å². The Kier molecular flexibility index (Phi) is 7.84. The molecule has 0 bridgehead atoms. The second-order valence-electron chi connectivity index (χ2n) is 7.04. The van der Waals surface area contributed by atoms with E-state index in [-0.39, 0.29) is 24.7 Å². The number of aromatic nitrogens is 1. The van der Waals surface area contributed by atoms with Crippen molar-refractivity contribution in [3.05, 3.63) is 58.1 Å². The maximum atomic E-state index is 13.1. The summed E-state index contributed by atoms with van der Waals surface area (Å²) < 4.78 is 1.14. The molecule has 2 aromatic carbocycles. The summed E-state index contributed by atoms with van der Waals surface area (Å²) in [6.45, 7) is 5.52. The first kappa shape index (κ1) is 22.6. The maximum absolute atomic E-state index is 13.1. The summed E-state index contributed by atoms with van der Waals surface area (Å²) in [5, 5.41) is 1.37. The van der Waals surface area contributed by atoms with Gasteiger partial charge in [-0.3, -0.25) is 9.69 Å². The Balaban J connectivity index is 0.00000280. The van der Waals surface area contributed by atoms with Gasteiger partial charge in [0.05, 0.1) is 16.6 Å². The Bertz CT molecular complexity index is 971. The van der Waals surface area contributed by atoms with Gasteiger partial charge in [-0.2, -0.15) is 0 Å². The molecule has 0 aliphatic heterocycles. The van der Waals surface area contributed by atoms with Crippen molar-refractivity contribution in [2.45, 2.75) is 20.3 Å². The number of rotatable bonds is 6.